The Labute approximate surface area is 128 Å². The van der Waals surface area contributed by atoms with Crippen LogP contribution in [0.5, 0.6) is 0 Å². The molecule has 0 aliphatic carbocycles. The molecule has 1 aromatic heterocycles. The van der Waals surface area contributed by atoms with Crippen LogP contribution in [0, 0.1) is 12.7 Å². The highest BCUT2D eigenvalue weighted by molar-refractivity contribution is 7.99. The molecule has 0 atom stereocenters. The molecule has 0 aliphatic heterocycles. The fourth-order valence-electron chi connectivity index (χ4n) is 1.98. The first-order valence-electron chi connectivity index (χ1n) is 6.50. The standard InChI is InChI=1S/C14H14F4N2OS/c1-3-19-4-5-20(13(19)21)11-7-12(9(2)6-10(11)15)22-8-14(16,17)18/h4-7H,3,8H2,1-2H3. The van der Waals surface area contributed by atoms with Gasteiger partial charge < -0.3 is 0 Å². The lowest BCUT2D eigenvalue weighted by Gasteiger charge is -2.11. The van der Waals surface area contributed by atoms with Crippen LogP contribution >= 0.6 is 11.8 Å². The van der Waals surface area contributed by atoms with Gasteiger partial charge in [0, 0.05) is 23.8 Å². The first-order chi connectivity index (χ1) is 10.2. The fraction of sp³-hybridized carbons (Fsp3) is 0.357. The molecule has 22 heavy (non-hydrogen) atoms. The lowest BCUT2D eigenvalue weighted by Crippen LogP contribution is -2.23. The lowest BCUT2D eigenvalue weighted by molar-refractivity contribution is -0.105. The molecule has 3 nitrogen and oxygen atoms in total. The van der Waals surface area contributed by atoms with E-state index in [1.807, 2.05) is 0 Å². The van der Waals surface area contributed by atoms with Gasteiger partial charge in [0.05, 0.1) is 11.4 Å². The van der Waals surface area contributed by atoms with Crippen LogP contribution in [0.1, 0.15) is 12.5 Å². The minimum atomic E-state index is -4.31. The summed E-state index contributed by atoms with van der Waals surface area (Å²) < 4.78 is 53.6. The van der Waals surface area contributed by atoms with E-state index in [1.54, 1.807) is 6.92 Å². The highest BCUT2D eigenvalue weighted by Crippen LogP contribution is 2.31. The van der Waals surface area contributed by atoms with Crippen molar-refractivity contribution >= 4 is 11.8 Å². The van der Waals surface area contributed by atoms with Gasteiger partial charge in [-0.1, -0.05) is 0 Å². The second-order valence-electron chi connectivity index (χ2n) is 4.71. The molecule has 2 rings (SSSR count). The number of benzene rings is 1. The zero-order valence-electron chi connectivity index (χ0n) is 11.9. The molecule has 0 spiro atoms. The third kappa shape index (κ3) is 3.55. The van der Waals surface area contributed by atoms with Gasteiger partial charge in [-0.15, -0.1) is 11.8 Å². The molecule has 2 aromatic rings. The Morgan fingerprint density at radius 3 is 2.45 bits per heavy atom. The van der Waals surface area contributed by atoms with Crippen LogP contribution in [0.3, 0.4) is 0 Å². The third-order valence-corrected chi connectivity index (χ3v) is 4.31. The van der Waals surface area contributed by atoms with Crippen LogP contribution < -0.4 is 5.69 Å². The maximum absolute atomic E-state index is 14.1. The van der Waals surface area contributed by atoms with Crippen LogP contribution in [0.2, 0.25) is 0 Å². The summed E-state index contributed by atoms with van der Waals surface area (Å²) in [5.41, 5.74) is -0.0806. The summed E-state index contributed by atoms with van der Waals surface area (Å²) in [6.07, 6.45) is -1.41. The van der Waals surface area contributed by atoms with Crippen LogP contribution in [0.25, 0.3) is 5.69 Å². The molecule has 0 aliphatic rings. The Morgan fingerprint density at radius 1 is 1.23 bits per heavy atom. The molecule has 0 N–H and O–H groups in total. The molecule has 1 heterocycles. The number of halogens is 4. The SMILES string of the molecule is CCn1ccn(-c2cc(SCC(F)(F)F)c(C)cc2F)c1=O. The molecule has 0 radical (unpaired) electrons. The van der Waals surface area contributed by atoms with E-state index in [0.29, 0.717) is 28.8 Å². The first kappa shape index (κ1) is 16.7. The van der Waals surface area contributed by atoms with Gasteiger partial charge in [-0.25, -0.2) is 9.18 Å². The van der Waals surface area contributed by atoms with E-state index in [4.69, 9.17) is 0 Å². The van der Waals surface area contributed by atoms with E-state index in [1.165, 1.54) is 30.0 Å². The second kappa shape index (κ2) is 6.20. The number of thioether (sulfide) groups is 1. The summed E-state index contributed by atoms with van der Waals surface area (Å²) >= 11 is 0.576. The molecule has 0 bridgehead atoms. The summed E-state index contributed by atoms with van der Waals surface area (Å²) in [6.45, 7) is 3.72. The predicted octanol–water partition coefficient (Wildman–Crippen LogP) is 3.76. The summed E-state index contributed by atoms with van der Waals surface area (Å²) in [7, 11) is 0. The van der Waals surface area contributed by atoms with E-state index in [-0.39, 0.29) is 5.69 Å². The second-order valence-corrected chi connectivity index (χ2v) is 5.73. The molecule has 0 amide bonds. The number of hydrogen-bond donors (Lipinski definition) is 0. The monoisotopic (exact) mass is 334 g/mol. The largest absolute Gasteiger partial charge is 0.398 e. The van der Waals surface area contributed by atoms with Crippen molar-refractivity contribution in [1.29, 1.82) is 0 Å². The van der Waals surface area contributed by atoms with E-state index < -0.39 is 23.4 Å². The average Bonchev–Trinajstić information content (AvgIpc) is 2.78. The predicted molar refractivity (Wildman–Crippen MR) is 77.2 cm³/mol. The number of aryl methyl sites for hydroxylation is 2. The highest BCUT2D eigenvalue weighted by atomic mass is 32.2. The average molecular weight is 334 g/mol. The minimum absolute atomic E-state index is 0.0486. The van der Waals surface area contributed by atoms with Crippen LogP contribution in [-0.2, 0) is 6.54 Å². The smallest absolute Gasteiger partial charge is 0.299 e. The minimum Gasteiger partial charge on any atom is -0.299 e. The van der Waals surface area contributed by atoms with Crippen molar-refractivity contribution in [1.82, 2.24) is 9.13 Å². The van der Waals surface area contributed by atoms with Crippen molar-refractivity contribution in [2.24, 2.45) is 0 Å². The van der Waals surface area contributed by atoms with Gasteiger partial charge in [0.1, 0.15) is 5.82 Å². The van der Waals surface area contributed by atoms with Crippen molar-refractivity contribution in [3.63, 3.8) is 0 Å². The number of imidazole rings is 1. The van der Waals surface area contributed by atoms with Crippen LogP contribution in [0.4, 0.5) is 17.6 Å². The van der Waals surface area contributed by atoms with Crippen LogP contribution in [0.15, 0.2) is 34.2 Å². The summed E-state index contributed by atoms with van der Waals surface area (Å²) in [6, 6.07) is 2.42. The highest BCUT2D eigenvalue weighted by Gasteiger charge is 2.27. The topological polar surface area (TPSA) is 26.9 Å². The van der Waals surface area contributed by atoms with Crippen molar-refractivity contribution in [3.8, 4) is 5.69 Å². The molecule has 8 heteroatoms. The number of aromatic nitrogens is 2. The third-order valence-electron chi connectivity index (χ3n) is 3.08. The molecular weight excluding hydrogens is 320 g/mol. The maximum atomic E-state index is 14.1. The normalized spacial score (nSPS) is 11.9. The van der Waals surface area contributed by atoms with Crippen molar-refractivity contribution in [2.75, 3.05) is 5.75 Å². The number of hydrogen-bond acceptors (Lipinski definition) is 2. The molecule has 0 saturated carbocycles. The van der Waals surface area contributed by atoms with E-state index in [9.17, 15) is 22.4 Å². The number of nitrogens with zero attached hydrogens (tertiary/aromatic N) is 2. The Kier molecular flexibility index (Phi) is 4.69. The maximum Gasteiger partial charge on any atom is 0.398 e. The van der Waals surface area contributed by atoms with E-state index in [2.05, 4.69) is 0 Å². The van der Waals surface area contributed by atoms with E-state index >= 15 is 0 Å². The fourth-order valence-corrected chi connectivity index (χ4v) is 2.78. The van der Waals surface area contributed by atoms with Gasteiger partial charge in [0.25, 0.3) is 0 Å². The van der Waals surface area contributed by atoms with Crippen molar-refractivity contribution < 1.29 is 17.6 Å². The first-order valence-corrected chi connectivity index (χ1v) is 7.49. The van der Waals surface area contributed by atoms with Gasteiger partial charge in [0.15, 0.2) is 0 Å². The van der Waals surface area contributed by atoms with Gasteiger partial charge in [-0.05, 0) is 31.5 Å². The number of alkyl halides is 3. The zero-order valence-corrected chi connectivity index (χ0v) is 12.8. The molecule has 1 aromatic carbocycles. The molecule has 0 unspecified atom stereocenters. The summed E-state index contributed by atoms with van der Waals surface area (Å²) in [5.74, 6) is -1.71. The quantitative estimate of drug-likeness (QED) is 0.629. The van der Waals surface area contributed by atoms with Gasteiger partial charge in [-0.3, -0.25) is 9.13 Å². The van der Waals surface area contributed by atoms with Crippen molar-refractivity contribution in [3.05, 3.63) is 46.4 Å². The molecule has 120 valence electrons. The summed E-state index contributed by atoms with van der Waals surface area (Å²) in [4.78, 5) is 12.3. The molecule has 0 saturated heterocycles. The zero-order chi connectivity index (χ0) is 16.5. The van der Waals surface area contributed by atoms with Crippen molar-refractivity contribution in [2.45, 2.75) is 31.5 Å². The Morgan fingerprint density at radius 2 is 1.91 bits per heavy atom. The van der Waals surface area contributed by atoms with Gasteiger partial charge >= 0.3 is 11.9 Å². The lowest BCUT2D eigenvalue weighted by atomic mass is 10.2. The van der Waals surface area contributed by atoms with Gasteiger partial charge in [0.2, 0.25) is 0 Å². The summed E-state index contributed by atoms with van der Waals surface area (Å²) in [5, 5.41) is 0. The Balaban J connectivity index is 2.44. The Bertz CT molecular complexity index is 733. The van der Waals surface area contributed by atoms with E-state index in [0.717, 1.165) is 10.6 Å². The van der Waals surface area contributed by atoms with Gasteiger partial charge in [-0.2, -0.15) is 13.2 Å². The number of rotatable bonds is 4. The molecular formula is C14H14F4N2OS. The Hall–Kier alpha value is -1.70. The molecule has 0 fully saturated rings. The van der Waals surface area contributed by atoms with Crippen LogP contribution in [-0.4, -0.2) is 21.1 Å².